The van der Waals surface area contributed by atoms with E-state index in [1.807, 2.05) is 6.07 Å². The van der Waals surface area contributed by atoms with Gasteiger partial charge in [0.2, 0.25) is 17.7 Å². The number of carbonyl (C=O) groups excluding carboxylic acids is 1. The van der Waals surface area contributed by atoms with Crippen LogP contribution in [0, 0.1) is 34.6 Å². The van der Waals surface area contributed by atoms with Gasteiger partial charge in [-0.15, -0.1) is 0 Å². The summed E-state index contributed by atoms with van der Waals surface area (Å²) in [6, 6.07) is 13.3. The van der Waals surface area contributed by atoms with E-state index in [0.717, 1.165) is 30.7 Å². The molecule has 1 amide bonds. The van der Waals surface area contributed by atoms with Crippen molar-refractivity contribution in [1.82, 2.24) is 4.98 Å². The first-order valence-corrected chi connectivity index (χ1v) is 13.8. The molecule has 1 fully saturated rings. The van der Waals surface area contributed by atoms with Gasteiger partial charge in [-0.2, -0.15) is 10.2 Å². The maximum atomic E-state index is 15.0. The zero-order chi connectivity index (χ0) is 32.8. The molecule has 0 aliphatic carbocycles. The molecule has 1 atom stereocenters. The molecule has 1 aliphatic rings. The molecule has 4 aromatic rings. The Morgan fingerprint density at radius 2 is 1.74 bits per heavy atom. The summed E-state index contributed by atoms with van der Waals surface area (Å²) >= 11 is 0. The Bertz CT molecular complexity index is 1840. The largest absolute Gasteiger partial charge is 0.478 e. The van der Waals surface area contributed by atoms with Gasteiger partial charge in [-0.1, -0.05) is 12.1 Å². The highest BCUT2D eigenvalue weighted by Gasteiger charge is 2.22. The number of nitrogens with zero attached hydrogens (tertiary/aromatic N) is 2. The molecule has 3 aromatic carbocycles. The van der Waals surface area contributed by atoms with Crippen molar-refractivity contribution in [1.29, 1.82) is 5.26 Å². The lowest BCUT2D eigenvalue weighted by Crippen LogP contribution is -2.33. The number of hydrogen-bond acceptors (Lipinski definition) is 8. The Labute approximate surface area is 259 Å². The van der Waals surface area contributed by atoms with Crippen molar-refractivity contribution in [3.05, 3.63) is 106 Å². The fraction of sp³-hybridized carbons (Fsp3) is 0.188. The number of carbonyl (C=O) groups is 2. The van der Waals surface area contributed by atoms with Crippen LogP contribution in [0.2, 0.25) is 0 Å². The molecule has 1 saturated heterocycles. The van der Waals surface area contributed by atoms with Crippen LogP contribution >= 0.6 is 0 Å². The summed E-state index contributed by atoms with van der Waals surface area (Å²) in [5.74, 6) is -6.73. The predicted molar refractivity (Wildman–Crippen MR) is 155 cm³/mol. The highest BCUT2D eigenvalue weighted by molar-refractivity contribution is 5.98. The number of nitriles is 1. The van der Waals surface area contributed by atoms with Crippen molar-refractivity contribution in [3.63, 3.8) is 0 Å². The summed E-state index contributed by atoms with van der Waals surface area (Å²) in [5, 5.41) is 23.3. The third-order valence-electron chi connectivity index (χ3n) is 6.84. The van der Waals surface area contributed by atoms with E-state index in [2.05, 4.69) is 15.6 Å². The first-order chi connectivity index (χ1) is 22.1. The molecule has 0 radical (unpaired) electrons. The molecule has 0 saturated carbocycles. The SMILES string of the molecule is N#Cc1ccc(COc2cccc(Oc3cc(F)c(CC(=O)Nc4c(F)cc(C(=O)O)cc4NCC4CCO4)cc3F)n2)c(F)c1. The molecule has 0 bridgehead atoms. The molecule has 3 N–H and O–H groups in total. The maximum absolute atomic E-state index is 15.0. The molecule has 10 nitrogen and oxygen atoms in total. The van der Waals surface area contributed by atoms with Crippen molar-refractivity contribution in [2.45, 2.75) is 25.6 Å². The van der Waals surface area contributed by atoms with Crippen molar-refractivity contribution < 1.29 is 46.5 Å². The molecule has 0 spiro atoms. The fourth-order valence-electron chi connectivity index (χ4n) is 4.34. The van der Waals surface area contributed by atoms with E-state index >= 15 is 0 Å². The van der Waals surface area contributed by atoms with Gasteiger partial charge < -0.3 is 30.0 Å². The zero-order valence-electron chi connectivity index (χ0n) is 23.8. The summed E-state index contributed by atoms with van der Waals surface area (Å²) in [7, 11) is 0. The highest BCUT2D eigenvalue weighted by atomic mass is 19.1. The highest BCUT2D eigenvalue weighted by Crippen LogP contribution is 2.30. The number of aromatic nitrogens is 1. The summed E-state index contributed by atoms with van der Waals surface area (Å²) in [5.41, 5.74) is -0.785. The molecule has 236 valence electrons. The number of halogens is 4. The Morgan fingerprint density at radius 1 is 0.978 bits per heavy atom. The van der Waals surface area contributed by atoms with Crippen LogP contribution in [0.5, 0.6) is 17.5 Å². The minimum atomic E-state index is -1.38. The van der Waals surface area contributed by atoms with Crippen LogP contribution in [-0.2, 0) is 22.6 Å². The van der Waals surface area contributed by atoms with E-state index in [1.165, 1.54) is 30.3 Å². The molecule has 2 heterocycles. The Kier molecular flexibility index (Phi) is 9.63. The standard InChI is InChI=1S/C32H24F4N4O6/c33-22-8-17(14-37)4-5-18(22)16-45-29-2-1-3-30(40-29)46-27-13-23(34)19(9-24(27)35)12-28(41)39-31-25(36)10-20(32(42)43)11-26(31)38-15-21-6-7-44-21/h1-5,8-11,13,21,38H,6-7,12,15-16H2,(H,39,41)(H,42,43). The molecule has 1 unspecified atom stereocenters. The second-order valence-electron chi connectivity index (χ2n) is 10.1. The molecular formula is C32H24F4N4O6. The fourth-order valence-corrected chi connectivity index (χ4v) is 4.34. The van der Waals surface area contributed by atoms with Gasteiger partial charge in [0, 0.05) is 42.5 Å². The summed E-state index contributed by atoms with van der Waals surface area (Å²) in [4.78, 5) is 28.2. The Morgan fingerprint density at radius 3 is 2.43 bits per heavy atom. The number of carboxylic acids is 1. The number of nitrogens with one attached hydrogen (secondary N) is 2. The van der Waals surface area contributed by atoms with Gasteiger partial charge in [0.05, 0.1) is 35.4 Å². The molecule has 1 aliphatic heterocycles. The first-order valence-electron chi connectivity index (χ1n) is 13.8. The number of aromatic carboxylic acids is 1. The van der Waals surface area contributed by atoms with Crippen LogP contribution in [0.4, 0.5) is 28.9 Å². The number of amides is 1. The van der Waals surface area contributed by atoms with Crippen LogP contribution in [0.3, 0.4) is 0 Å². The van der Waals surface area contributed by atoms with Crippen molar-refractivity contribution in [2.24, 2.45) is 0 Å². The van der Waals surface area contributed by atoms with Crippen LogP contribution in [0.15, 0.2) is 60.7 Å². The van der Waals surface area contributed by atoms with Crippen LogP contribution < -0.4 is 20.1 Å². The monoisotopic (exact) mass is 636 g/mol. The van der Waals surface area contributed by atoms with E-state index in [9.17, 15) is 32.3 Å². The number of benzene rings is 3. The molecular weight excluding hydrogens is 612 g/mol. The van der Waals surface area contributed by atoms with Crippen molar-refractivity contribution >= 4 is 23.3 Å². The second-order valence-corrected chi connectivity index (χ2v) is 10.1. The van der Waals surface area contributed by atoms with Gasteiger partial charge in [0.25, 0.3) is 0 Å². The Hall–Kier alpha value is -5.68. The lowest BCUT2D eigenvalue weighted by Gasteiger charge is -2.27. The maximum Gasteiger partial charge on any atom is 0.335 e. The lowest BCUT2D eigenvalue weighted by molar-refractivity contribution is -0.115. The Balaban J connectivity index is 1.25. The van der Waals surface area contributed by atoms with Crippen LogP contribution in [0.25, 0.3) is 0 Å². The van der Waals surface area contributed by atoms with Gasteiger partial charge >= 0.3 is 5.97 Å². The third-order valence-corrected chi connectivity index (χ3v) is 6.84. The second kappa shape index (κ2) is 14.0. The number of carboxylic acid groups (broad SMARTS) is 1. The predicted octanol–water partition coefficient (Wildman–Crippen LogP) is 5.96. The van der Waals surface area contributed by atoms with E-state index < -0.39 is 47.3 Å². The molecule has 46 heavy (non-hydrogen) atoms. The topological polar surface area (TPSA) is 143 Å². The van der Waals surface area contributed by atoms with E-state index in [-0.39, 0.29) is 64.6 Å². The first kappa shape index (κ1) is 31.7. The number of anilines is 2. The van der Waals surface area contributed by atoms with Crippen LogP contribution in [-0.4, -0.2) is 41.2 Å². The minimum absolute atomic E-state index is 0.00637. The zero-order valence-corrected chi connectivity index (χ0v) is 23.8. The van der Waals surface area contributed by atoms with E-state index in [4.69, 9.17) is 19.5 Å². The number of rotatable bonds is 12. The van der Waals surface area contributed by atoms with Crippen molar-refractivity contribution in [2.75, 3.05) is 23.8 Å². The molecule has 5 rings (SSSR count). The summed E-state index contributed by atoms with van der Waals surface area (Å²) in [6.45, 7) is 0.562. The number of ether oxygens (including phenoxy) is 3. The molecule has 14 heteroatoms. The molecule has 1 aromatic heterocycles. The number of hydrogen-bond donors (Lipinski definition) is 3. The number of pyridine rings is 1. The van der Waals surface area contributed by atoms with E-state index in [1.54, 1.807) is 0 Å². The average Bonchev–Trinajstić information content (AvgIpc) is 2.99. The summed E-state index contributed by atoms with van der Waals surface area (Å²) < 4.78 is 75.1. The average molecular weight is 637 g/mol. The van der Waals surface area contributed by atoms with Gasteiger partial charge in [0.1, 0.15) is 29.7 Å². The van der Waals surface area contributed by atoms with Gasteiger partial charge in [-0.3, -0.25) is 4.79 Å². The smallest absolute Gasteiger partial charge is 0.335 e. The lowest BCUT2D eigenvalue weighted by atomic mass is 10.1. The normalized spacial score (nSPS) is 13.7. The third kappa shape index (κ3) is 7.69. The van der Waals surface area contributed by atoms with Gasteiger partial charge in [-0.25, -0.2) is 22.4 Å². The van der Waals surface area contributed by atoms with Gasteiger partial charge in [-0.05, 0) is 36.8 Å². The van der Waals surface area contributed by atoms with Gasteiger partial charge in [0.15, 0.2) is 11.6 Å². The van der Waals surface area contributed by atoms with Crippen LogP contribution in [0.1, 0.15) is 33.5 Å². The van der Waals surface area contributed by atoms with Crippen molar-refractivity contribution in [3.8, 4) is 23.6 Å². The summed E-state index contributed by atoms with van der Waals surface area (Å²) in [6.07, 6.45) is -0.111. The van der Waals surface area contributed by atoms with E-state index in [0.29, 0.717) is 12.7 Å². The quantitative estimate of drug-likeness (QED) is 0.161. The minimum Gasteiger partial charge on any atom is -0.478 e.